The first-order chi connectivity index (χ1) is 11.4. The van der Waals surface area contributed by atoms with E-state index in [9.17, 15) is 0 Å². The smallest absolute Gasteiger partial charge is 0.00670 e. The lowest BCUT2D eigenvalue weighted by Gasteiger charge is -2.23. The van der Waals surface area contributed by atoms with Gasteiger partial charge in [0.25, 0.3) is 0 Å². The van der Waals surface area contributed by atoms with E-state index >= 15 is 0 Å². The van der Waals surface area contributed by atoms with Crippen molar-refractivity contribution in [3.63, 3.8) is 0 Å². The lowest BCUT2D eigenvalue weighted by Crippen LogP contribution is -2.33. The van der Waals surface area contributed by atoms with E-state index in [4.69, 9.17) is 0 Å². The van der Waals surface area contributed by atoms with E-state index in [0.717, 1.165) is 6.04 Å². The maximum atomic E-state index is 3.67. The number of nitrogens with one attached hydrogen (secondary N) is 1. The third-order valence-electron chi connectivity index (χ3n) is 5.57. The number of hydrogen-bond acceptors (Lipinski definition) is 1. The van der Waals surface area contributed by atoms with Crippen LogP contribution < -0.4 is 5.32 Å². The molecular formula is C22H45N. The summed E-state index contributed by atoms with van der Waals surface area (Å²) in [4.78, 5) is 0. The summed E-state index contributed by atoms with van der Waals surface area (Å²) < 4.78 is 0. The molecule has 1 atom stereocenters. The van der Waals surface area contributed by atoms with Gasteiger partial charge in [0.1, 0.15) is 0 Å². The zero-order valence-corrected chi connectivity index (χ0v) is 16.2. The first-order valence-corrected chi connectivity index (χ1v) is 11.2. The van der Waals surface area contributed by atoms with E-state index in [1.807, 2.05) is 0 Å². The lowest BCUT2D eigenvalue weighted by atomic mass is 9.98. The summed E-state index contributed by atoms with van der Waals surface area (Å²) in [6.45, 7) is 3.57. The van der Waals surface area contributed by atoms with Crippen molar-refractivity contribution in [1.29, 1.82) is 0 Å². The molecule has 0 spiro atoms. The summed E-state index contributed by atoms with van der Waals surface area (Å²) in [7, 11) is 0. The molecule has 0 saturated carbocycles. The number of unbranched alkanes of at least 4 members (excludes halogenated alkanes) is 14. The van der Waals surface area contributed by atoms with Gasteiger partial charge in [-0.1, -0.05) is 110 Å². The van der Waals surface area contributed by atoms with Crippen molar-refractivity contribution in [3.8, 4) is 0 Å². The van der Waals surface area contributed by atoms with Crippen LogP contribution in [0.2, 0.25) is 0 Å². The Bertz CT molecular complexity index is 220. The summed E-state index contributed by atoms with van der Waals surface area (Å²) in [6, 6.07) is 0.853. The average Bonchev–Trinajstić information content (AvgIpc) is 2.59. The molecule has 0 amide bonds. The molecule has 1 aliphatic rings. The number of piperidine rings is 1. The van der Waals surface area contributed by atoms with Crippen LogP contribution in [0.4, 0.5) is 0 Å². The first-order valence-electron chi connectivity index (χ1n) is 11.2. The van der Waals surface area contributed by atoms with Crippen LogP contribution in [0.5, 0.6) is 0 Å². The van der Waals surface area contributed by atoms with Crippen LogP contribution in [0.3, 0.4) is 0 Å². The van der Waals surface area contributed by atoms with Gasteiger partial charge in [-0.05, 0) is 25.8 Å². The molecule has 138 valence electrons. The Kier molecular flexibility index (Phi) is 15.3. The Labute approximate surface area is 147 Å². The van der Waals surface area contributed by atoms with Crippen molar-refractivity contribution in [2.45, 2.75) is 135 Å². The van der Waals surface area contributed by atoms with Crippen LogP contribution >= 0.6 is 0 Å². The maximum absolute atomic E-state index is 3.67. The molecule has 0 radical (unpaired) electrons. The topological polar surface area (TPSA) is 12.0 Å². The van der Waals surface area contributed by atoms with Crippen LogP contribution in [0, 0.1) is 0 Å². The van der Waals surface area contributed by atoms with Gasteiger partial charge in [-0.2, -0.15) is 0 Å². The fourth-order valence-electron chi connectivity index (χ4n) is 3.93. The van der Waals surface area contributed by atoms with E-state index in [1.54, 1.807) is 0 Å². The molecule has 1 aliphatic heterocycles. The van der Waals surface area contributed by atoms with Gasteiger partial charge in [0.2, 0.25) is 0 Å². The van der Waals surface area contributed by atoms with Gasteiger partial charge in [0.15, 0.2) is 0 Å². The molecule has 0 aromatic rings. The van der Waals surface area contributed by atoms with Crippen molar-refractivity contribution in [2.75, 3.05) is 6.54 Å². The van der Waals surface area contributed by atoms with E-state index in [-0.39, 0.29) is 0 Å². The highest BCUT2D eigenvalue weighted by Crippen LogP contribution is 2.16. The molecule has 0 aliphatic carbocycles. The van der Waals surface area contributed by atoms with Crippen LogP contribution in [-0.2, 0) is 0 Å². The lowest BCUT2D eigenvalue weighted by molar-refractivity contribution is 0.370. The first kappa shape index (κ1) is 21.0. The molecule has 1 fully saturated rings. The van der Waals surface area contributed by atoms with Gasteiger partial charge in [0, 0.05) is 6.04 Å². The second kappa shape index (κ2) is 16.8. The van der Waals surface area contributed by atoms with Gasteiger partial charge in [0.05, 0.1) is 0 Å². The van der Waals surface area contributed by atoms with Crippen molar-refractivity contribution in [2.24, 2.45) is 0 Å². The normalized spacial score (nSPS) is 18.4. The fourth-order valence-corrected chi connectivity index (χ4v) is 3.93. The molecule has 0 aromatic heterocycles. The molecule has 0 bridgehead atoms. The third kappa shape index (κ3) is 14.0. The van der Waals surface area contributed by atoms with Gasteiger partial charge in [-0.3, -0.25) is 0 Å². The van der Waals surface area contributed by atoms with E-state index in [0.29, 0.717) is 0 Å². The van der Waals surface area contributed by atoms with E-state index < -0.39 is 0 Å². The Morgan fingerprint density at radius 3 is 1.52 bits per heavy atom. The van der Waals surface area contributed by atoms with Crippen LogP contribution in [0.15, 0.2) is 0 Å². The Morgan fingerprint density at radius 1 is 0.609 bits per heavy atom. The molecule has 1 rings (SSSR count). The highest BCUT2D eigenvalue weighted by Gasteiger charge is 2.11. The van der Waals surface area contributed by atoms with Crippen LogP contribution in [-0.4, -0.2) is 12.6 Å². The van der Waals surface area contributed by atoms with Crippen molar-refractivity contribution in [1.82, 2.24) is 5.32 Å². The molecule has 23 heavy (non-hydrogen) atoms. The highest BCUT2D eigenvalue weighted by molar-refractivity contribution is 4.71. The monoisotopic (exact) mass is 323 g/mol. The van der Waals surface area contributed by atoms with E-state index in [1.165, 1.54) is 129 Å². The molecule has 1 unspecified atom stereocenters. The minimum atomic E-state index is 0.853. The van der Waals surface area contributed by atoms with Gasteiger partial charge in [-0.15, -0.1) is 0 Å². The molecular weight excluding hydrogens is 278 g/mol. The maximum Gasteiger partial charge on any atom is 0.00670 e. The summed E-state index contributed by atoms with van der Waals surface area (Å²) >= 11 is 0. The summed E-state index contributed by atoms with van der Waals surface area (Å²) in [5.74, 6) is 0. The summed E-state index contributed by atoms with van der Waals surface area (Å²) in [6.07, 6.45) is 27.7. The van der Waals surface area contributed by atoms with Crippen LogP contribution in [0.1, 0.15) is 129 Å². The number of rotatable bonds is 16. The third-order valence-corrected chi connectivity index (χ3v) is 5.57. The second-order valence-electron chi connectivity index (χ2n) is 7.89. The average molecular weight is 324 g/mol. The summed E-state index contributed by atoms with van der Waals surface area (Å²) in [5.41, 5.74) is 0. The largest absolute Gasteiger partial charge is 0.314 e. The molecule has 1 heteroatoms. The minimum absolute atomic E-state index is 0.853. The quantitative estimate of drug-likeness (QED) is 0.292. The molecule has 1 heterocycles. The zero-order valence-electron chi connectivity index (χ0n) is 16.2. The summed E-state index contributed by atoms with van der Waals surface area (Å²) in [5, 5.41) is 3.67. The highest BCUT2D eigenvalue weighted by atomic mass is 14.9. The predicted octanol–water partition coefficient (Wildman–Crippen LogP) is 7.39. The fraction of sp³-hybridized carbons (Fsp3) is 1.00. The van der Waals surface area contributed by atoms with Gasteiger partial charge >= 0.3 is 0 Å². The van der Waals surface area contributed by atoms with Gasteiger partial charge in [-0.25, -0.2) is 0 Å². The van der Waals surface area contributed by atoms with Crippen molar-refractivity contribution in [3.05, 3.63) is 0 Å². The molecule has 1 saturated heterocycles. The molecule has 1 N–H and O–H groups in total. The number of hydrogen-bond donors (Lipinski definition) is 1. The van der Waals surface area contributed by atoms with Crippen molar-refractivity contribution < 1.29 is 0 Å². The standard InChI is InChI=1S/C22H45N/c1-2-3-4-5-6-7-8-9-10-11-12-13-14-15-16-19-22-20-17-18-21-23-22/h22-23H,2-21H2,1H3. The van der Waals surface area contributed by atoms with Crippen molar-refractivity contribution >= 4 is 0 Å². The van der Waals surface area contributed by atoms with Crippen LogP contribution in [0.25, 0.3) is 0 Å². The second-order valence-corrected chi connectivity index (χ2v) is 7.89. The zero-order chi connectivity index (χ0) is 16.4. The molecule has 0 aromatic carbocycles. The van der Waals surface area contributed by atoms with Gasteiger partial charge < -0.3 is 5.32 Å². The molecule has 1 nitrogen and oxygen atoms in total. The minimum Gasteiger partial charge on any atom is -0.314 e. The SMILES string of the molecule is CCCCCCCCCCCCCCCCCC1CCCCN1. The van der Waals surface area contributed by atoms with E-state index in [2.05, 4.69) is 12.2 Å². The Hall–Kier alpha value is -0.0400. The Balaban J connectivity index is 1.67. The Morgan fingerprint density at radius 2 is 1.09 bits per heavy atom. The predicted molar refractivity (Wildman–Crippen MR) is 105 cm³/mol.